The van der Waals surface area contributed by atoms with Crippen LogP contribution in [0.5, 0.6) is 5.75 Å². The molecule has 0 saturated carbocycles. The number of methoxy groups -OCH3 is 1. The highest BCUT2D eigenvalue weighted by Crippen LogP contribution is 2.32. The summed E-state index contributed by atoms with van der Waals surface area (Å²) in [7, 11) is -2.52. The van der Waals surface area contributed by atoms with Crippen molar-refractivity contribution < 1.29 is 17.9 Å². The summed E-state index contributed by atoms with van der Waals surface area (Å²) in [5.41, 5.74) is 1.48. The first-order valence-electron chi connectivity index (χ1n) is 11.0. The topological polar surface area (TPSA) is 121 Å². The molecule has 2 heterocycles. The molecule has 2 N–H and O–H groups in total. The molecule has 1 amide bonds. The largest absolute Gasteiger partial charge is 0.495 e. The van der Waals surface area contributed by atoms with Crippen LogP contribution < -0.4 is 15.6 Å². The van der Waals surface area contributed by atoms with Gasteiger partial charge in [-0.1, -0.05) is 23.7 Å². The first-order valence-corrected chi connectivity index (χ1v) is 12.8. The van der Waals surface area contributed by atoms with Gasteiger partial charge in [-0.05, 0) is 50.1 Å². The van der Waals surface area contributed by atoms with E-state index in [-0.39, 0.29) is 33.7 Å². The Kier molecular flexibility index (Phi) is 7.25. The molecule has 184 valence electrons. The molecule has 1 aliphatic heterocycles. The molecule has 11 heteroatoms. The number of carbonyl (C=O) groups excluding carboxylic acids is 1. The number of benzene rings is 2. The molecular weight excluding hydrogens is 492 g/mol. The summed E-state index contributed by atoms with van der Waals surface area (Å²) < 4.78 is 33.2. The average molecular weight is 517 g/mol. The summed E-state index contributed by atoms with van der Waals surface area (Å²) in [6.45, 7) is 2.06. The molecule has 0 bridgehead atoms. The van der Waals surface area contributed by atoms with E-state index in [9.17, 15) is 18.0 Å². The number of ether oxygens (including phenoxy) is 1. The lowest BCUT2D eigenvalue weighted by Crippen LogP contribution is -2.43. The van der Waals surface area contributed by atoms with E-state index in [4.69, 9.17) is 16.3 Å². The fourth-order valence-corrected chi connectivity index (χ4v) is 6.01. The Bertz CT molecular complexity index is 1420. The van der Waals surface area contributed by atoms with Crippen LogP contribution in [0.1, 0.15) is 18.5 Å². The molecular formula is C24H25ClN4O5S. The van der Waals surface area contributed by atoms with Crippen LogP contribution in [0.25, 0.3) is 11.4 Å². The number of halogens is 1. The number of aromatic amines is 1. The quantitative estimate of drug-likeness (QED) is 0.517. The molecule has 4 rings (SSSR count). The summed E-state index contributed by atoms with van der Waals surface area (Å²) in [5, 5.41) is 3.15. The van der Waals surface area contributed by atoms with E-state index in [0.717, 1.165) is 0 Å². The maximum Gasteiger partial charge on any atom is 0.251 e. The van der Waals surface area contributed by atoms with Crippen molar-refractivity contribution in [3.63, 3.8) is 0 Å². The van der Waals surface area contributed by atoms with E-state index in [1.54, 1.807) is 37.3 Å². The summed E-state index contributed by atoms with van der Waals surface area (Å²) in [4.78, 5) is 31.8. The Morgan fingerprint density at radius 3 is 2.77 bits per heavy atom. The number of rotatable bonds is 6. The van der Waals surface area contributed by atoms with Crippen molar-refractivity contribution >= 4 is 33.2 Å². The number of piperidine rings is 1. The third-order valence-electron chi connectivity index (χ3n) is 5.77. The summed E-state index contributed by atoms with van der Waals surface area (Å²) in [6.07, 6.45) is 1.09. The second-order valence-electron chi connectivity index (χ2n) is 8.30. The zero-order chi connectivity index (χ0) is 25.2. The average Bonchev–Trinajstić information content (AvgIpc) is 2.83. The number of aryl methyl sites for hydroxylation is 1. The Morgan fingerprint density at radius 1 is 1.23 bits per heavy atom. The smallest absolute Gasteiger partial charge is 0.251 e. The number of amides is 1. The molecule has 0 unspecified atom stereocenters. The molecule has 1 fully saturated rings. The number of anilines is 1. The maximum atomic E-state index is 13.3. The van der Waals surface area contributed by atoms with Crippen LogP contribution in [0.4, 0.5) is 5.69 Å². The zero-order valence-corrected chi connectivity index (χ0v) is 20.8. The molecule has 9 nitrogen and oxygen atoms in total. The summed E-state index contributed by atoms with van der Waals surface area (Å²) in [5.74, 6) is -0.229. The highest BCUT2D eigenvalue weighted by Gasteiger charge is 2.35. The van der Waals surface area contributed by atoms with E-state index in [2.05, 4.69) is 15.3 Å². The first kappa shape index (κ1) is 24.9. The second-order valence-corrected chi connectivity index (χ2v) is 10.6. The Balaban J connectivity index is 1.52. The van der Waals surface area contributed by atoms with Crippen LogP contribution in [-0.4, -0.2) is 48.8 Å². The molecule has 0 spiro atoms. The van der Waals surface area contributed by atoms with Crippen LogP contribution in [0.15, 0.2) is 58.2 Å². The number of hydrogen-bond acceptors (Lipinski definition) is 6. The van der Waals surface area contributed by atoms with Crippen LogP contribution >= 0.6 is 11.6 Å². The van der Waals surface area contributed by atoms with Crippen molar-refractivity contribution in [2.45, 2.75) is 24.7 Å². The molecule has 2 aromatic carbocycles. The lowest BCUT2D eigenvalue weighted by molar-refractivity contribution is -0.120. The minimum atomic E-state index is -3.92. The summed E-state index contributed by atoms with van der Waals surface area (Å²) >= 11 is 6.04. The fraction of sp³-hybridized carbons (Fsp3) is 0.292. The predicted octanol–water partition coefficient (Wildman–Crippen LogP) is 3.45. The highest BCUT2D eigenvalue weighted by atomic mass is 35.5. The van der Waals surface area contributed by atoms with Gasteiger partial charge in [-0.2, -0.15) is 4.31 Å². The van der Waals surface area contributed by atoms with Gasteiger partial charge in [-0.15, -0.1) is 0 Å². The molecule has 1 aromatic heterocycles. The van der Waals surface area contributed by atoms with Gasteiger partial charge in [0.05, 0.1) is 13.0 Å². The zero-order valence-electron chi connectivity index (χ0n) is 19.2. The maximum absolute atomic E-state index is 13.3. The lowest BCUT2D eigenvalue weighted by atomic mass is 9.98. The first-order chi connectivity index (χ1) is 16.7. The number of hydrogen-bond donors (Lipinski definition) is 2. The predicted molar refractivity (Wildman–Crippen MR) is 133 cm³/mol. The van der Waals surface area contributed by atoms with E-state index in [1.165, 1.54) is 29.6 Å². The molecule has 0 aliphatic carbocycles. The molecule has 35 heavy (non-hydrogen) atoms. The number of nitrogens with zero attached hydrogens (tertiary/aromatic N) is 2. The number of aromatic nitrogens is 2. The minimum absolute atomic E-state index is 0.0269. The Labute approximate surface area is 208 Å². The molecule has 3 aromatic rings. The van der Waals surface area contributed by atoms with Crippen LogP contribution in [-0.2, 0) is 14.8 Å². The van der Waals surface area contributed by atoms with Crippen LogP contribution in [0, 0.1) is 12.8 Å². The van der Waals surface area contributed by atoms with Gasteiger partial charge in [-0.25, -0.2) is 13.4 Å². The normalized spacial score (nSPS) is 16.6. The number of sulfonamides is 1. The fourth-order valence-electron chi connectivity index (χ4n) is 4.07. The SMILES string of the molecule is COc1ccc(Cl)cc1S(=O)(=O)N1CCC[C@@H](C(=O)Nc2cccc(-c3nc(C)cc(=O)[nH]3)c2)C1. The van der Waals surface area contributed by atoms with E-state index >= 15 is 0 Å². The van der Waals surface area contributed by atoms with E-state index in [1.807, 2.05) is 0 Å². The van der Waals surface area contributed by atoms with Crippen molar-refractivity contribution in [1.29, 1.82) is 0 Å². The van der Waals surface area contributed by atoms with Gasteiger partial charge in [-0.3, -0.25) is 9.59 Å². The highest BCUT2D eigenvalue weighted by molar-refractivity contribution is 7.89. The van der Waals surface area contributed by atoms with E-state index in [0.29, 0.717) is 42.2 Å². The van der Waals surface area contributed by atoms with Gasteiger partial charge in [0.15, 0.2) is 0 Å². The second kappa shape index (κ2) is 10.2. The summed E-state index contributed by atoms with van der Waals surface area (Å²) in [6, 6.07) is 12.8. The van der Waals surface area contributed by atoms with Gasteiger partial charge in [0.1, 0.15) is 16.5 Å². The molecule has 1 saturated heterocycles. The minimum Gasteiger partial charge on any atom is -0.495 e. The van der Waals surface area contributed by atoms with Gasteiger partial charge < -0.3 is 15.0 Å². The number of nitrogens with one attached hydrogen (secondary N) is 2. The van der Waals surface area contributed by atoms with Crippen molar-refractivity contribution in [1.82, 2.24) is 14.3 Å². The Hall–Kier alpha value is -3.21. The number of carbonyl (C=O) groups is 1. The molecule has 1 aliphatic rings. The van der Waals surface area contributed by atoms with Gasteiger partial charge in [0.25, 0.3) is 5.56 Å². The van der Waals surface area contributed by atoms with Gasteiger partial charge in [0.2, 0.25) is 15.9 Å². The Morgan fingerprint density at radius 2 is 2.03 bits per heavy atom. The van der Waals surface area contributed by atoms with E-state index < -0.39 is 15.9 Å². The van der Waals surface area contributed by atoms with Crippen molar-refractivity contribution in [2.75, 3.05) is 25.5 Å². The molecule has 0 radical (unpaired) electrons. The van der Waals surface area contributed by atoms with Crippen molar-refractivity contribution in [3.8, 4) is 17.1 Å². The van der Waals surface area contributed by atoms with Crippen LogP contribution in [0.2, 0.25) is 5.02 Å². The van der Waals surface area contributed by atoms with Gasteiger partial charge in [0, 0.05) is 41.1 Å². The lowest BCUT2D eigenvalue weighted by Gasteiger charge is -2.31. The third kappa shape index (κ3) is 5.55. The van der Waals surface area contributed by atoms with Crippen LogP contribution in [0.3, 0.4) is 0 Å². The van der Waals surface area contributed by atoms with Gasteiger partial charge >= 0.3 is 0 Å². The third-order valence-corrected chi connectivity index (χ3v) is 7.89. The monoisotopic (exact) mass is 516 g/mol. The molecule has 1 atom stereocenters. The van der Waals surface area contributed by atoms with Crippen molar-refractivity contribution in [2.24, 2.45) is 5.92 Å². The number of H-pyrrole nitrogens is 1. The standard InChI is InChI=1S/C24H25ClN4O5S/c1-15-11-22(30)28-23(26-15)16-5-3-7-19(12-16)27-24(31)17-6-4-10-29(14-17)35(32,33)21-13-18(25)8-9-20(21)34-2/h3,5,7-9,11-13,17H,4,6,10,14H2,1-2H3,(H,27,31)(H,26,28,30)/t17-/m1/s1. The van der Waals surface area contributed by atoms with Crippen molar-refractivity contribution in [3.05, 3.63) is 69.6 Å².